The molecule has 0 spiro atoms. The molecule has 0 aromatic heterocycles. The Morgan fingerprint density at radius 3 is 2.36 bits per heavy atom. The summed E-state index contributed by atoms with van der Waals surface area (Å²) in [5.74, 6) is -0.0172. The summed E-state index contributed by atoms with van der Waals surface area (Å²) >= 11 is 0. The van der Waals surface area contributed by atoms with E-state index in [1.54, 1.807) is 18.3 Å². The van der Waals surface area contributed by atoms with E-state index in [0.717, 1.165) is 11.3 Å². The lowest BCUT2D eigenvalue weighted by atomic mass is 10.2. The van der Waals surface area contributed by atoms with Crippen LogP contribution in [-0.2, 0) is 10.0 Å². The Morgan fingerprint density at radius 2 is 1.76 bits per heavy atom. The summed E-state index contributed by atoms with van der Waals surface area (Å²) in [6.45, 7) is 6.53. The van der Waals surface area contributed by atoms with Crippen LogP contribution in [0.3, 0.4) is 0 Å². The van der Waals surface area contributed by atoms with E-state index in [1.165, 1.54) is 4.31 Å². The number of hydrazone groups is 1. The minimum atomic E-state index is -3.49. The summed E-state index contributed by atoms with van der Waals surface area (Å²) in [6.07, 6.45) is 1.74. The fraction of sp³-hybridized carbons (Fsp3) is 0.316. The quantitative estimate of drug-likeness (QED) is 0.577. The first-order chi connectivity index (χ1) is 11.9. The van der Waals surface area contributed by atoms with Crippen LogP contribution in [0, 0.1) is 12.8 Å². The number of aryl methyl sites for hydroxylation is 1. The van der Waals surface area contributed by atoms with E-state index in [-0.39, 0.29) is 5.92 Å². The molecule has 6 heteroatoms. The van der Waals surface area contributed by atoms with Crippen LogP contribution in [-0.4, -0.2) is 32.0 Å². The summed E-state index contributed by atoms with van der Waals surface area (Å²) in [6, 6.07) is 16.6. The second kappa shape index (κ2) is 8.78. The van der Waals surface area contributed by atoms with Gasteiger partial charge >= 0.3 is 0 Å². The molecule has 0 heterocycles. The number of hydrogen-bond donors (Lipinski definition) is 1. The fourth-order valence-corrected chi connectivity index (χ4v) is 3.93. The highest BCUT2D eigenvalue weighted by Gasteiger charge is 2.24. The third kappa shape index (κ3) is 5.41. The van der Waals surface area contributed by atoms with Crippen molar-refractivity contribution in [3.8, 4) is 0 Å². The van der Waals surface area contributed by atoms with Gasteiger partial charge in [0, 0.05) is 25.2 Å². The lowest BCUT2D eigenvalue weighted by Crippen LogP contribution is -2.35. The van der Waals surface area contributed by atoms with Crippen molar-refractivity contribution in [2.75, 3.05) is 18.5 Å². The average molecular weight is 359 g/mol. The van der Waals surface area contributed by atoms with Gasteiger partial charge in [0.05, 0.1) is 10.6 Å². The first-order valence-corrected chi connectivity index (χ1v) is 9.78. The highest BCUT2D eigenvalue weighted by Crippen LogP contribution is 2.17. The minimum absolute atomic E-state index is 0.0172. The Morgan fingerprint density at radius 1 is 1.12 bits per heavy atom. The Labute approximate surface area is 150 Å². The Kier molecular flexibility index (Phi) is 6.73. The third-order valence-electron chi connectivity index (χ3n) is 3.80. The van der Waals surface area contributed by atoms with Crippen LogP contribution >= 0.6 is 0 Å². The van der Waals surface area contributed by atoms with Crippen molar-refractivity contribution in [3.05, 3.63) is 60.2 Å². The smallest absolute Gasteiger partial charge is 0.243 e. The zero-order valence-electron chi connectivity index (χ0n) is 14.9. The van der Waals surface area contributed by atoms with Gasteiger partial charge in [-0.1, -0.05) is 49.7 Å². The number of benzene rings is 2. The molecular weight excluding hydrogens is 334 g/mol. The molecule has 134 valence electrons. The monoisotopic (exact) mass is 359 g/mol. The Bertz CT molecular complexity index is 787. The second-order valence-corrected chi connectivity index (χ2v) is 7.94. The number of hydrogen-bond acceptors (Lipinski definition) is 4. The van der Waals surface area contributed by atoms with Crippen molar-refractivity contribution in [2.45, 2.75) is 25.7 Å². The molecule has 5 nitrogen and oxygen atoms in total. The van der Waals surface area contributed by atoms with E-state index in [0.29, 0.717) is 18.0 Å². The van der Waals surface area contributed by atoms with Crippen LogP contribution in [0.5, 0.6) is 0 Å². The fourth-order valence-electron chi connectivity index (χ4n) is 2.38. The Hall–Kier alpha value is -2.18. The predicted octanol–water partition coefficient (Wildman–Crippen LogP) is 3.74. The van der Waals surface area contributed by atoms with Gasteiger partial charge in [0.15, 0.2) is 0 Å². The number of nitrogens with one attached hydrogen (secondary N) is 1. The molecule has 0 aliphatic heterocycles. The van der Waals surface area contributed by atoms with E-state index in [2.05, 4.69) is 10.5 Å². The molecule has 0 fully saturated rings. The van der Waals surface area contributed by atoms with Crippen LogP contribution in [0.1, 0.15) is 19.4 Å². The van der Waals surface area contributed by atoms with Gasteiger partial charge in [-0.3, -0.25) is 5.43 Å². The van der Waals surface area contributed by atoms with Crippen molar-refractivity contribution in [1.82, 2.24) is 4.31 Å². The van der Waals surface area contributed by atoms with E-state index in [1.807, 2.05) is 63.2 Å². The van der Waals surface area contributed by atoms with Crippen LogP contribution in [0.15, 0.2) is 64.6 Å². The molecule has 0 amide bonds. The van der Waals surface area contributed by atoms with Gasteiger partial charge in [0.1, 0.15) is 0 Å². The maximum Gasteiger partial charge on any atom is 0.243 e. The van der Waals surface area contributed by atoms with Crippen LogP contribution in [0.2, 0.25) is 0 Å². The van der Waals surface area contributed by atoms with Crippen LogP contribution in [0.25, 0.3) is 0 Å². The summed E-state index contributed by atoms with van der Waals surface area (Å²) in [7, 11) is -3.49. The Balaban J connectivity index is 2.01. The van der Waals surface area contributed by atoms with Crippen molar-refractivity contribution in [3.63, 3.8) is 0 Å². The van der Waals surface area contributed by atoms with E-state index < -0.39 is 10.0 Å². The summed E-state index contributed by atoms with van der Waals surface area (Å²) in [5, 5.41) is 4.20. The summed E-state index contributed by atoms with van der Waals surface area (Å²) < 4.78 is 27.0. The molecule has 2 aromatic carbocycles. The molecule has 0 radical (unpaired) electrons. The molecule has 0 saturated carbocycles. The first-order valence-electron chi connectivity index (χ1n) is 8.34. The molecule has 2 rings (SSSR count). The summed E-state index contributed by atoms with van der Waals surface area (Å²) in [5.41, 5.74) is 4.88. The summed E-state index contributed by atoms with van der Waals surface area (Å²) in [4.78, 5) is 0.325. The van der Waals surface area contributed by atoms with Gasteiger partial charge < -0.3 is 0 Å². The molecule has 1 atom stereocenters. The number of anilines is 1. The highest BCUT2D eigenvalue weighted by molar-refractivity contribution is 7.89. The molecular formula is C19H25N3O2S. The van der Waals surface area contributed by atoms with Crippen molar-refractivity contribution in [1.29, 1.82) is 0 Å². The molecule has 1 N–H and O–H groups in total. The average Bonchev–Trinajstić information content (AvgIpc) is 2.61. The molecule has 0 saturated heterocycles. The molecule has 0 aliphatic rings. The number of rotatable bonds is 8. The van der Waals surface area contributed by atoms with Gasteiger partial charge in [-0.15, -0.1) is 0 Å². The van der Waals surface area contributed by atoms with Gasteiger partial charge in [-0.2, -0.15) is 9.41 Å². The topological polar surface area (TPSA) is 61.8 Å². The maximum atomic E-state index is 12.8. The largest absolute Gasteiger partial charge is 0.279 e. The van der Waals surface area contributed by atoms with Crippen LogP contribution in [0.4, 0.5) is 5.69 Å². The highest BCUT2D eigenvalue weighted by atomic mass is 32.2. The minimum Gasteiger partial charge on any atom is -0.279 e. The van der Waals surface area contributed by atoms with Crippen molar-refractivity contribution < 1.29 is 8.42 Å². The van der Waals surface area contributed by atoms with E-state index >= 15 is 0 Å². The lowest BCUT2D eigenvalue weighted by molar-refractivity contribution is 0.407. The molecule has 0 aliphatic carbocycles. The van der Waals surface area contributed by atoms with Gasteiger partial charge in [-0.05, 0) is 31.2 Å². The number of nitrogens with zero attached hydrogens (tertiary/aromatic N) is 2. The third-order valence-corrected chi connectivity index (χ3v) is 5.75. The van der Waals surface area contributed by atoms with Crippen molar-refractivity contribution >= 4 is 21.9 Å². The van der Waals surface area contributed by atoms with E-state index in [4.69, 9.17) is 0 Å². The maximum absolute atomic E-state index is 12.8. The predicted molar refractivity (Wildman–Crippen MR) is 103 cm³/mol. The second-order valence-electron chi connectivity index (χ2n) is 6.00. The van der Waals surface area contributed by atoms with Gasteiger partial charge in [-0.25, -0.2) is 8.42 Å². The molecule has 25 heavy (non-hydrogen) atoms. The van der Waals surface area contributed by atoms with Gasteiger partial charge in [0.2, 0.25) is 10.0 Å². The van der Waals surface area contributed by atoms with Crippen LogP contribution < -0.4 is 5.43 Å². The number of para-hydroxylation sites is 1. The lowest BCUT2D eigenvalue weighted by Gasteiger charge is -2.22. The van der Waals surface area contributed by atoms with E-state index in [9.17, 15) is 8.42 Å². The first kappa shape index (κ1) is 19.1. The standard InChI is InChI=1S/C19H25N3O2S/c1-4-22(25(23,24)19-12-10-16(2)11-13-19)15-17(3)14-20-21-18-8-6-5-7-9-18/h5-14,17,21H,4,15H2,1-3H3/b20-14+. The zero-order valence-corrected chi connectivity index (χ0v) is 15.7. The SMILES string of the molecule is CCN(CC(C)/C=N/Nc1ccccc1)S(=O)(=O)c1ccc(C)cc1. The molecule has 0 bridgehead atoms. The van der Waals surface area contributed by atoms with Crippen molar-refractivity contribution in [2.24, 2.45) is 11.0 Å². The van der Waals surface area contributed by atoms with Gasteiger partial charge in [0.25, 0.3) is 0 Å². The molecule has 2 aromatic rings. The number of sulfonamides is 1. The normalized spacial score (nSPS) is 13.3. The zero-order chi connectivity index (χ0) is 18.3. The molecule has 1 unspecified atom stereocenters.